The van der Waals surface area contributed by atoms with Gasteiger partial charge in [0.15, 0.2) is 0 Å². The average Bonchev–Trinajstić information content (AvgIpc) is 2.49. The molecule has 0 bridgehead atoms. The van der Waals surface area contributed by atoms with E-state index in [2.05, 4.69) is 18.2 Å². The highest BCUT2D eigenvalue weighted by molar-refractivity contribution is 6.30. The highest BCUT2D eigenvalue weighted by atomic mass is 35.5. The second-order valence-electron chi connectivity index (χ2n) is 4.99. The smallest absolute Gasteiger partial charge is 0.145 e. The van der Waals surface area contributed by atoms with Crippen molar-refractivity contribution in [3.63, 3.8) is 0 Å². The monoisotopic (exact) mass is 283 g/mol. The van der Waals surface area contributed by atoms with Crippen LogP contribution in [0.2, 0.25) is 5.02 Å². The van der Waals surface area contributed by atoms with Crippen LogP contribution in [0.15, 0.2) is 36.4 Å². The zero-order valence-corrected chi connectivity index (χ0v) is 11.8. The summed E-state index contributed by atoms with van der Waals surface area (Å²) in [5.41, 5.74) is 3.23. The number of benzene rings is 2. The highest BCUT2D eigenvalue weighted by Gasteiger charge is 2.11. The van der Waals surface area contributed by atoms with Gasteiger partial charge in [-0.15, -0.1) is 0 Å². The van der Waals surface area contributed by atoms with Crippen LogP contribution in [-0.2, 0) is 12.8 Å². The molecule has 2 nitrogen and oxygen atoms in total. The summed E-state index contributed by atoms with van der Waals surface area (Å²) in [5, 5.41) is 9.67. The number of halogens is 1. The first kappa shape index (κ1) is 13.0. The van der Waals surface area contributed by atoms with E-state index in [0.29, 0.717) is 16.3 Å². The molecule has 0 heterocycles. The van der Waals surface area contributed by atoms with E-state index in [9.17, 15) is 0 Å². The Morgan fingerprint density at radius 2 is 1.80 bits per heavy atom. The van der Waals surface area contributed by atoms with Gasteiger partial charge in [0.1, 0.15) is 17.6 Å². The maximum absolute atomic E-state index is 9.12. The Morgan fingerprint density at radius 1 is 1.00 bits per heavy atom. The summed E-state index contributed by atoms with van der Waals surface area (Å²) in [6.07, 6.45) is 4.77. The molecule has 2 aromatic rings. The minimum atomic E-state index is 0.454. The van der Waals surface area contributed by atoms with Crippen LogP contribution in [0.5, 0.6) is 11.5 Å². The standard InChI is InChI=1S/C17H14ClNO/c18-15-6-8-17(14(9-15)11-19)20-16-7-5-12-3-1-2-4-13(12)10-16/h5-10H,1-4H2. The molecular formula is C17H14ClNO. The van der Waals surface area contributed by atoms with Gasteiger partial charge in [-0.3, -0.25) is 0 Å². The maximum Gasteiger partial charge on any atom is 0.145 e. The van der Waals surface area contributed by atoms with Crippen LogP contribution in [0, 0.1) is 11.3 Å². The predicted molar refractivity (Wildman–Crippen MR) is 79.3 cm³/mol. The van der Waals surface area contributed by atoms with Crippen LogP contribution in [-0.4, -0.2) is 0 Å². The molecule has 0 atom stereocenters. The van der Waals surface area contributed by atoms with Gasteiger partial charge in [0.05, 0.1) is 5.56 Å². The first-order valence-corrected chi connectivity index (χ1v) is 7.13. The largest absolute Gasteiger partial charge is 0.456 e. The molecule has 1 aliphatic carbocycles. The van der Waals surface area contributed by atoms with E-state index in [1.807, 2.05) is 6.07 Å². The van der Waals surface area contributed by atoms with Gasteiger partial charge in [-0.2, -0.15) is 5.26 Å². The van der Waals surface area contributed by atoms with Gasteiger partial charge in [-0.25, -0.2) is 0 Å². The normalized spacial score (nSPS) is 13.4. The van der Waals surface area contributed by atoms with Gasteiger partial charge in [0, 0.05) is 5.02 Å². The molecule has 0 aromatic heterocycles. The van der Waals surface area contributed by atoms with Crippen molar-refractivity contribution in [2.45, 2.75) is 25.7 Å². The molecule has 0 radical (unpaired) electrons. The molecule has 0 fully saturated rings. The summed E-state index contributed by atoms with van der Waals surface area (Å²) < 4.78 is 5.84. The Bertz CT molecular complexity index is 688. The SMILES string of the molecule is N#Cc1cc(Cl)ccc1Oc1ccc2c(c1)CCCC2. The minimum Gasteiger partial charge on any atom is -0.456 e. The molecule has 0 saturated heterocycles. The van der Waals surface area contributed by atoms with E-state index in [-0.39, 0.29) is 0 Å². The quantitative estimate of drug-likeness (QED) is 0.787. The first-order chi connectivity index (χ1) is 9.76. The minimum absolute atomic E-state index is 0.454. The zero-order valence-electron chi connectivity index (χ0n) is 11.0. The Morgan fingerprint density at radius 3 is 2.60 bits per heavy atom. The Kier molecular flexibility index (Phi) is 3.62. The average molecular weight is 284 g/mol. The lowest BCUT2D eigenvalue weighted by atomic mass is 9.92. The van der Waals surface area contributed by atoms with E-state index in [1.165, 1.54) is 24.0 Å². The van der Waals surface area contributed by atoms with Crippen LogP contribution in [0.3, 0.4) is 0 Å². The molecule has 100 valence electrons. The van der Waals surface area contributed by atoms with Crippen LogP contribution >= 0.6 is 11.6 Å². The van der Waals surface area contributed by atoms with E-state index in [0.717, 1.165) is 18.6 Å². The lowest BCUT2D eigenvalue weighted by Crippen LogP contribution is -2.02. The van der Waals surface area contributed by atoms with Gasteiger partial charge >= 0.3 is 0 Å². The number of aryl methyl sites for hydroxylation is 2. The summed E-state index contributed by atoms with van der Waals surface area (Å²) in [6, 6.07) is 13.4. The number of nitriles is 1. The van der Waals surface area contributed by atoms with Crippen molar-refractivity contribution in [2.75, 3.05) is 0 Å². The molecule has 2 aromatic carbocycles. The van der Waals surface area contributed by atoms with Crippen molar-refractivity contribution in [3.8, 4) is 17.6 Å². The third-order valence-corrected chi connectivity index (χ3v) is 3.84. The molecule has 0 aliphatic heterocycles. The summed E-state index contributed by atoms with van der Waals surface area (Å²) in [4.78, 5) is 0. The van der Waals surface area contributed by atoms with E-state index >= 15 is 0 Å². The summed E-state index contributed by atoms with van der Waals surface area (Å²) >= 11 is 5.89. The number of rotatable bonds is 2. The molecule has 3 heteroatoms. The van der Waals surface area contributed by atoms with Gasteiger partial charge < -0.3 is 4.74 Å². The van der Waals surface area contributed by atoms with Crippen LogP contribution < -0.4 is 4.74 Å². The molecule has 20 heavy (non-hydrogen) atoms. The van der Waals surface area contributed by atoms with Crippen molar-refractivity contribution in [3.05, 3.63) is 58.1 Å². The molecule has 0 N–H and O–H groups in total. The van der Waals surface area contributed by atoms with E-state index in [4.69, 9.17) is 21.6 Å². The Labute approximate surface area is 123 Å². The van der Waals surface area contributed by atoms with Crippen molar-refractivity contribution in [2.24, 2.45) is 0 Å². The second-order valence-corrected chi connectivity index (χ2v) is 5.43. The van der Waals surface area contributed by atoms with Crippen molar-refractivity contribution in [1.29, 1.82) is 5.26 Å². The van der Waals surface area contributed by atoms with Crippen molar-refractivity contribution in [1.82, 2.24) is 0 Å². The van der Waals surface area contributed by atoms with Crippen LogP contribution in [0.4, 0.5) is 0 Å². The second kappa shape index (κ2) is 5.56. The number of nitrogens with zero attached hydrogens (tertiary/aromatic N) is 1. The zero-order chi connectivity index (χ0) is 13.9. The van der Waals surface area contributed by atoms with Gasteiger partial charge in [-0.1, -0.05) is 17.7 Å². The topological polar surface area (TPSA) is 33.0 Å². The summed E-state index contributed by atoms with van der Waals surface area (Å²) in [7, 11) is 0. The molecule has 1 aliphatic rings. The van der Waals surface area contributed by atoms with Gasteiger partial charge in [0.2, 0.25) is 0 Å². The highest BCUT2D eigenvalue weighted by Crippen LogP contribution is 2.30. The first-order valence-electron chi connectivity index (χ1n) is 6.75. The molecule has 0 unspecified atom stereocenters. The fourth-order valence-corrected chi connectivity index (χ4v) is 2.75. The third kappa shape index (κ3) is 2.64. The number of hydrogen-bond acceptors (Lipinski definition) is 2. The lowest BCUT2D eigenvalue weighted by Gasteiger charge is -2.17. The number of ether oxygens (including phenoxy) is 1. The molecule has 0 amide bonds. The molecule has 3 rings (SSSR count). The summed E-state index contributed by atoms with van der Waals surface area (Å²) in [6.45, 7) is 0. The fraction of sp³-hybridized carbons (Fsp3) is 0.235. The van der Waals surface area contributed by atoms with Crippen LogP contribution in [0.1, 0.15) is 29.5 Å². The number of hydrogen-bond donors (Lipinski definition) is 0. The van der Waals surface area contributed by atoms with Crippen LogP contribution in [0.25, 0.3) is 0 Å². The molecular weight excluding hydrogens is 270 g/mol. The maximum atomic E-state index is 9.12. The molecule has 0 spiro atoms. The Hall–Kier alpha value is -1.98. The van der Waals surface area contributed by atoms with Crippen molar-refractivity contribution >= 4 is 11.6 Å². The Balaban J connectivity index is 1.90. The third-order valence-electron chi connectivity index (χ3n) is 3.61. The van der Waals surface area contributed by atoms with E-state index in [1.54, 1.807) is 18.2 Å². The van der Waals surface area contributed by atoms with E-state index < -0.39 is 0 Å². The summed E-state index contributed by atoms with van der Waals surface area (Å²) in [5.74, 6) is 1.33. The predicted octanol–water partition coefficient (Wildman–Crippen LogP) is 4.88. The van der Waals surface area contributed by atoms with Gasteiger partial charge in [-0.05, 0) is 67.1 Å². The van der Waals surface area contributed by atoms with Gasteiger partial charge in [0.25, 0.3) is 0 Å². The molecule has 0 saturated carbocycles. The van der Waals surface area contributed by atoms with Crippen molar-refractivity contribution < 1.29 is 4.74 Å². The number of fused-ring (bicyclic) bond motifs is 1. The lowest BCUT2D eigenvalue weighted by molar-refractivity contribution is 0.479. The fourth-order valence-electron chi connectivity index (χ4n) is 2.58.